The first-order chi connectivity index (χ1) is 7.56. The van der Waals surface area contributed by atoms with Gasteiger partial charge in [0, 0.05) is 15.4 Å². The van der Waals surface area contributed by atoms with Crippen molar-refractivity contribution in [2.24, 2.45) is 0 Å². The second-order valence-corrected chi connectivity index (χ2v) is 4.35. The molecule has 16 heavy (non-hydrogen) atoms. The standard InChI is InChI=1S/C11H11BrN2O2/c1-5-6(12)3-4-7-8(5)9(10(13)14-7)11(15)16-2/h3-4,14H,13H2,1-2H3. The highest BCUT2D eigenvalue weighted by atomic mass is 79.9. The molecular formula is C11H11BrN2O2. The number of H-pyrrole nitrogens is 1. The maximum Gasteiger partial charge on any atom is 0.342 e. The molecule has 0 fully saturated rings. The molecule has 0 atom stereocenters. The van der Waals surface area contributed by atoms with Crippen molar-refractivity contribution in [2.45, 2.75) is 6.92 Å². The van der Waals surface area contributed by atoms with Gasteiger partial charge in [-0.2, -0.15) is 0 Å². The van der Waals surface area contributed by atoms with Crippen LogP contribution >= 0.6 is 15.9 Å². The highest BCUT2D eigenvalue weighted by Gasteiger charge is 2.19. The van der Waals surface area contributed by atoms with Crippen molar-refractivity contribution in [3.8, 4) is 0 Å². The van der Waals surface area contributed by atoms with Crippen LogP contribution in [0.4, 0.5) is 5.82 Å². The van der Waals surface area contributed by atoms with E-state index in [9.17, 15) is 4.79 Å². The number of carbonyl (C=O) groups is 1. The Morgan fingerprint density at radius 1 is 1.50 bits per heavy atom. The summed E-state index contributed by atoms with van der Waals surface area (Å²) in [5.41, 5.74) is 7.97. The number of methoxy groups -OCH3 is 1. The maximum absolute atomic E-state index is 11.6. The smallest absolute Gasteiger partial charge is 0.342 e. The monoisotopic (exact) mass is 282 g/mol. The van der Waals surface area contributed by atoms with E-state index in [1.807, 2.05) is 19.1 Å². The lowest BCUT2D eigenvalue weighted by Crippen LogP contribution is -2.04. The van der Waals surface area contributed by atoms with Crippen LogP contribution in [0.3, 0.4) is 0 Å². The number of nitrogen functional groups attached to an aromatic ring is 1. The van der Waals surface area contributed by atoms with Gasteiger partial charge in [-0.3, -0.25) is 0 Å². The van der Waals surface area contributed by atoms with Crippen LogP contribution in [0.25, 0.3) is 10.9 Å². The molecule has 3 N–H and O–H groups in total. The summed E-state index contributed by atoms with van der Waals surface area (Å²) in [4.78, 5) is 14.6. The van der Waals surface area contributed by atoms with E-state index in [1.54, 1.807) is 0 Å². The largest absolute Gasteiger partial charge is 0.465 e. The van der Waals surface area contributed by atoms with Gasteiger partial charge in [-0.1, -0.05) is 15.9 Å². The van der Waals surface area contributed by atoms with Crippen molar-refractivity contribution >= 4 is 38.6 Å². The van der Waals surface area contributed by atoms with Crippen molar-refractivity contribution in [1.82, 2.24) is 4.98 Å². The van der Waals surface area contributed by atoms with Gasteiger partial charge in [0.25, 0.3) is 0 Å². The fraction of sp³-hybridized carbons (Fsp3) is 0.182. The summed E-state index contributed by atoms with van der Waals surface area (Å²) in [6.45, 7) is 1.92. The number of nitrogens with one attached hydrogen (secondary N) is 1. The van der Waals surface area contributed by atoms with Crippen molar-refractivity contribution < 1.29 is 9.53 Å². The van der Waals surface area contributed by atoms with Gasteiger partial charge in [-0.15, -0.1) is 0 Å². The lowest BCUT2D eigenvalue weighted by molar-refractivity contribution is 0.0604. The zero-order valence-electron chi connectivity index (χ0n) is 8.93. The van der Waals surface area contributed by atoms with Gasteiger partial charge in [0.15, 0.2) is 0 Å². The molecule has 1 aromatic heterocycles. The molecule has 0 amide bonds. The SMILES string of the molecule is COC(=O)c1c(N)[nH]c2ccc(Br)c(C)c12. The van der Waals surface area contributed by atoms with Gasteiger partial charge in [-0.05, 0) is 24.6 Å². The number of aromatic amines is 1. The number of hydrogen-bond donors (Lipinski definition) is 2. The number of carbonyl (C=O) groups excluding carboxylic acids is 1. The summed E-state index contributed by atoms with van der Waals surface area (Å²) in [6, 6.07) is 3.78. The average molecular weight is 283 g/mol. The van der Waals surface area contributed by atoms with Crippen LogP contribution in [-0.2, 0) is 4.74 Å². The minimum atomic E-state index is -0.426. The summed E-state index contributed by atoms with van der Waals surface area (Å²) in [7, 11) is 1.34. The first-order valence-electron chi connectivity index (χ1n) is 4.70. The number of benzene rings is 1. The minimum absolute atomic E-state index is 0.336. The molecule has 0 radical (unpaired) electrons. The molecular weight excluding hydrogens is 272 g/mol. The summed E-state index contributed by atoms with van der Waals surface area (Å²) < 4.78 is 5.66. The highest BCUT2D eigenvalue weighted by molar-refractivity contribution is 9.10. The molecule has 4 nitrogen and oxygen atoms in total. The molecule has 0 saturated heterocycles. The van der Waals surface area contributed by atoms with Gasteiger partial charge in [0.05, 0.1) is 7.11 Å². The number of rotatable bonds is 1. The van der Waals surface area contributed by atoms with E-state index >= 15 is 0 Å². The first-order valence-corrected chi connectivity index (χ1v) is 5.50. The third kappa shape index (κ3) is 1.48. The zero-order valence-corrected chi connectivity index (χ0v) is 10.5. The van der Waals surface area contributed by atoms with Crippen LogP contribution < -0.4 is 5.73 Å². The van der Waals surface area contributed by atoms with Gasteiger partial charge in [0.1, 0.15) is 11.4 Å². The number of aryl methyl sites for hydroxylation is 1. The Bertz CT molecular complexity index is 575. The van der Waals surface area contributed by atoms with Crippen molar-refractivity contribution in [3.63, 3.8) is 0 Å². The topological polar surface area (TPSA) is 68.1 Å². The molecule has 1 heterocycles. The maximum atomic E-state index is 11.6. The molecule has 0 unspecified atom stereocenters. The zero-order chi connectivity index (χ0) is 11.9. The summed E-state index contributed by atoms with van der Waals surface area (Å²) in [5, 5.41) is 0.804. The molecule has 0 aliphatic carbocycles. The number of ether oxygens (including phenoxy) is 1. The van der Waals surface area contributed by atoms with Gasteiger partial charge < -0.3 is 15.5 Å². The van der Waals surface area contributed by atoms with Crippen LogP contribution in [0.2, 0.25) is 0 Å². The van der Waals surface area contributed by atoms with Crippen molar-refractivity contribution in [3.05, 3.63) is 27.7 Å². The van der Waals surface area contributed by atoms with Crippen molar-refractivity contribution in [2.75, 3.05) is 12.8 Å². The predicted octanol–water partition coefficient (Wildman–Crippen LogP) is 2.61. The molecule has 2 rings (SSSR count). The number of anilines is 1. The van der Waals surface area contributed by atoms with Crippen LogP contribution in [0.1, 0.15) is 15.9 Å². The van der Waals surface area contributed by atoms with E-state index in [-0.39, 0.29) is 0 Å². The summed E-state index contributed by atoms with van der Waals surface area (Å²) in [5.74, 6) is -0.0898. The molecule has 5 heteroatoms. The molecule has 0 saturated carbocycles. The van der Waals surface area contributed by atoms with E-state index in [4.69, 9.17) is 10.5 Å². The fourth-order valence-corrected chi connectivity index (χ4v) is 2.10. The van der Waals surface area contributed by atoms with Crippen molar-refractivity contribution in [1.29, 1.82) is 0 Å². The second kappa shape index (κ2) is 3.83. The number of nitrogens with two attached hydrogens (primary N) is 1. The van der Waals surface area contributed by atoms with E-state index in [0.717, 1.165) is 20.9 Å². The molecule has 84 valence electrons. The number of esters is 1. The Morgan fingerprint density at radius 3 is 2.81 bits per heavy atom. The Hall–Kier alpha value is -1.49. The third-order valence-corrected chi connectivity index (χ3v) is 3.44. The summed E-state index contributed by atoms with van der Waals surface area (Å²) in [6.07, 6.45) is 0. The Morgan fingerprint density at radius 2 is 2.19 bits per heavy atom. The predicted molar refractivity (Wildman–Crippen MR) is 66.5 cm³/mol. The van der Waals surface area contributed by atoms with Crippen LogP contribution in [-0.4, -0.2) is 18.1 Å². The van der Waals surface area contributed by atoms with Gasteiger partial charge in [0.2, 0.25) is 0 Å². The Labute approximate surface area is 101 Å². The molecule has 0 aliphatic heterocycles. The molecule has 0 spiro atoms. The van der Waals surface area contributed by atoms with E-state index in [2.05, 4.69) is 20.9 Å². The number of halogens is 1. The number of hydrogen-bond acceptors (Lipinski definition) is 3. The third-order valence-electron chi connectivity index (χ3n) is 2.58. The fourth-order valence-electron chi connectivity index (χ4n) is 1.77. The van der Waals surface area contributed by atoms with E-state index in [1.165, 1.54) is 7.11 Å². The number of fused-ring (bicyclic) bond motifs is 1. The highest BCUT2D eigenvalue weighted by Crippen LogP contribution is 2.31. The molecule has 1 aromatic carbocycles. The molecule has 0 aliphatic rings. The van der Waals surface area contributed by atoms with E-state index < -0.39 is 5.97 Å². The lowest BCUT2D eigenvalue weighted by Gasteiger charge is -2.03. The number of aromatic nitrogens is 1. The lowest BCUT2D eigenvalue weighted by atomic mass is 10.1. The second-order valence-electron chi connectivity index (χ2n) is 3.50. The average Bonchev–Trinajstić information content (AvgIpc) is 2.60. The van der Waals surface area contributed by atoms with Crippen LogP contribution in [0, 0.1) is 6.92 Å². The summed E-state index contributed by atoms with van der Waals surface area (Å²) >= 11 is 3.42. The quantitative estimate of drug-likeness (QED) is 0.790. The van der Waals surface area contributed by atoms with Crippen LogP contribution in [0.15, 0.2) is 16.6 Å². The molecule has 2 aromatic rings. The first kappa shape index (κ1) is 11.0. The van der Waals surface area contributed by atoms with Gasteiger partial charge >= 0.3 is 5.97 Å². The molecule has 0 bridgehead atoms. The Balaban J connectivity index is 2.86. The van der Waals surface area contributed by atoms with E-state index in [0.29, 0.717) is 11.4 Å². The normalized spacial score (nSPS) is 10.7. The Kier molecular flexibility index (Phi) is 2.63. The minimum Gasteiger partial charge on any atom is -0.465 e. The van der Waals surface area contributed by atoms with Gasteiger partial charge in [-0.25, -0.2) is 4.79 Å². The van der Waals surface area contributed by atoms with Crippen LogP contribution in [0.5, 0.6) is 0 Å².